The number of carbonyl (C=O) groups is 1. The second kappa shape index (κ2) is 7.34. The SMILES string of the molecule is CC(C)CCCC[C@H]1CC[C@H]2[C@@H]3CCC4=CC(=O)CC[C@]4(C)[C@H]3CC[C@]12C. The summed E-state index contributed by atoms with van der Waals surface area (Å²) in [5.74, 6) is 4.97. The summed E-state index contributed by atoms with van der Waals surface area (Å²) in [6.45, 7) is 9.91. The third-order valence-electron chi connectivity index (χ3n) is 9.74. The van der Waals surface area contributed by atoms with E-state index in [0.29, 0.717) is 16.6 Å². The molecule has 152 valence electrons. The molecule has 3 fully saturated rings. The van der Waals surface area contributed by atoms with E-state index in [1.165, 1.54) is 69.8 Å². The normalized spacial score (nSPS) is 43.9. The third-order valence-corrected chi connectivity index (χ3v) is 9.74. The van der Waals surface area contributed by atoms with E-state index in [0.717, 1.165) is 42.4 Å². The Balaban J connectivity index is 1.46. The van der Waals surface area contributed by atoms with Crippen molar-refractivity contribution in [1.29, 1.82) is 0 Å². The third kappa shape index (κ3) is 3.36. The summed E-state index contributed by atoms with van der Waals surface area (Å²) >= 11 is 0. The molecule has 0 N–H and O–H groups in total. The van der Waals surface area contributed by atoms with E-state index in [9.17, 15) is 4.79 Å². The molecular weight excluding hydrogens is 328 g/mol. The van der Waals surface area contributed by atoms with E-state index in [1.54, 1.807) is 0 Å². The van der Waals surface area contributed by atoms with Gasteiger partial charge in [-0.25, -0.2) is 0 Å². The van der Waals surface area contributed by atoms with Gasteiger partial charge in [0.15, 0.2) is 5.78 Å². The molecule has 0 saturated heterocycles. The summed E-state index contributed by atoms with van der Waals surface area (Å²) in [6.07, 6.45) is 18.2. The van der Waals surface area contributed by atoms with E-state index >= 15 is 0 Å². The molecule has 4 aliphatic rings. The first-order chi connectivity index (χ1) is 12.8. The van der Waals surface area contributed by atoms with Crippen LogP contribution in [0, 0.1) is 40.4 Å². The average molecular weight is 371 g/mol. The van der Waals surface area contributed by atoms with Gasteiger partial charge in [0.25, 0.3) is 0 Å². The number of unbranched alkanes of at least 4 members (excludes halogenated alkanes) is 1. The lowest BCUT2D eigenvalue weighted by atomic mass is 9.46. The topological polar surface area (TPSA) is 17.1 Å². The molecule has 27 heavy (non-hydrogen) atoms. The molecule has 4 aliphatic carbocycles. The summed E-state index contributed by atoms with van der Waals surface area (Å²) < 4.78 is 0. The molecule has 0 unspecified atom stereocenters. The summed E-state index contributed by atoms with van der Waals surface area (Å²) in [5, 5.41) is 0. The molecule has 0 heterocycles. The van der Waals surface area contributed by atoms with Crippen LogP contribution in [-0.2, 0) is 4.79 Å². The van der Waals surface area contributed by atoms with Crippen LogP contribution < -0.4 is 0 Å². The Morgan fingerprint density at radius 1 is 1.00 bits per heavy atom. The van der Waals surface area contributed by atoms with Crippen molar-refractivity contribution >= 4 is 5.78 Å². The number of ketones is 1. The fourth-order valence-electron chi connectivity index (χ4n) is 8.09. The molecule has 0 radical (unpaired) electrons. The predicted molar refractivity (Wildman–Crippen MR) is 114 cm³/mol. The summed E-state index contributed by atoms with van der Waals surface area (Å²) in [6, 6.07) is 0. The summed E-state index contributed by atoms with van der Waals surface area (Å²) in [4.78, 5) is 12.0. The minimum atomic E-state index is 0.341. The Labute approximate surface area is 167 Å². The highest BCUT2D eigenvalue weighted by Gasteiger charge is 2.58. The van der Waals surface area contributed by atoms with Gasteiger partial charge in [-0.2, -0.15) is 0 Å². The largest absolute Gasteiger partial charge is 0.295 e. The zero-order valence-corrected chi connectivity index (χ0v) is 18.4. The van der Waals surface area contributed by atoms with Gasteiger partial charge >= 0.3 is 0 Å². The van der Waals surface area contributed by atoms with Crippen LogP contribution in [0.15, 0.2) is 11.6 Å². The molecule has 6 atom stereocenters. The lowest BCUT2D eigenvalue weighted by Crippen LogP contribution is -2.50. The van der Waals surface area contributed by atoms with Gasteiger partial charge in [0, 0.05) is 6.42 Å². The molecule has 4 rings (SSSR count). The zero-order valence-electron chi connectivity index (χ0n) is 18.4. The highest BCUT2D eigenvalue weighted by atomic mass is 16.1. The van der Waals surface area contributed by atoms with Crippen LogP contribution in [0.25, 0.3) is 0 Å². The minimum absolute atomic E-state index is 0.341. The molecule has 3 saturated carbocycles. The van der Waals surface area contributed by atoms with Crippen LogP contribution in [0.2, 0.25) is 0 Å². The van der Waals surface area contributed by atoms with Crippen molar-refractivity contribution in [2.45, 2.75) is 105 Å². The van der Waals surface area contributed by atoms with Crippen molar-refractivity contribution in [3.63, 3.8) is 0 Å². The van der Waals surface area contributed by atoms with Crippen molar-refractivity contribution in [3.05, 3.63) is 11.6 Å². The standard InChI is InChI=1S/C26H42O/c1-18(2)7-5-6-8-19-10-12-23-22-11-9-20-17-21(27)13-15-26(20,4)24(22)14-16-25(19,23)3/h17-19,22-24H,5-16H2,1-4H3/t19-,22-,23-,24-,25+,26-/m0/s1. The van der Waals surface area contributed by atoms with Gasteiger partial charge < -0.3 is 0 Å². The highest BCUT2D eigenvalue weighted by Crippen LogP contribution is 2.67. The number of carbonyl (C=O) groups excluding carboxylic acids is 1. The van der Waals surface area contributed by atoms with Gasteiger partial charge in [0.2, 0.25) is 0 Å². The molecule has 0 aromatic heterocycles. The molecule has 1 nitrogen and oxygen atoms in total. The van der Waals surface area contributed by atoms with E-state index in [1.807, 2.05) is 0 Å². The van der Waals surface area contributed by atoms with E-state index < -0.39 is 0 Å². The minimum Gasteiger partial charge on any atom is -0.295 e. The van der Waals surface area contributed by atoms with Gasteiger partial charge in [0.05, 0.1) is 0 Å². The molecule has 1 heteroatoms. The lowest BCUT2D eigenvalue weighted by Gasteiger charge is -2.58. The fourth-order valence-corrected chi connectivity index (χ4v) is 8.09. The monoisotopic (exact) mass is 370 g/mol. The average Bonchev–Trinajstić information content (AvgIpc) is 2.96. The van der Waals surface area contributed by atoms with Gasteiger partial charge in [0.1, 0.15) is 0 Å². The van der Waals surface area contributed by atoms with Crippen LogP contribution in [0.3, 0.4) is 0 Å². The maximum Gasteiger partial charge on any atom is 0.155 e. The second-order valence-electron chi connectivity index (χ2n) is 11.5. The van der Waals surface area contributed by atoms with Crippen LogP contribution in [-0.4, -0.2) is 5.78 Å². The quantitative estimate of drug-likeness (QED) is 0.462. The molecule has 0 aromatic carbocycles. The number of hydrogen-bond acceptors (Lipinski definition) is 1. The first kappa shape index (κ1) is 19.7. The summed E-state index contributed by atoms with van der Waals surface area (Å²) in [5.41, 5.74) is 2.47. The second-order valence-corrected chi connectivity index (χ2v) is 11.5. The van der Waals surface area contributed by atoms with Crippen molar-refractivity contribution in [2.75, 3.05) is 0 Å². The maximum absolute atomic E-state index is 12.0. The van der Waals surface area contributed by atoms with Crippen molar-refractivity contribution in [1.82, 2.24) is 0 Å². The number of hydrogen-bond donors (Lipinski definition) is 0. The molecular formula is C26H42O. The number of fused-ring (bicyclic) bond motifs is 5. The van der Waals surface area contributed by atoms with Crippen molar-refractivity contribution in [3.8, 4) is 0 Å². The Morgan fingerprint density at radius 3 is 2.59 bits per heavy atom. The molecule has 0 spiro atoms. The van der Waals surface area contributed by atoms with Crippen LogP contribution in [0.1, 0.15) is 105 Å². The van der Waals surface area contributed by atoms with Crippen LogP contribution in [0.5, 0.6) is 0 Å². The summed E-state index contributed by atoms with van der Waals surface area (Å²) in [7, 11) is 0. The van der Waals surface area contributed by atoms with Crippen LogP contribution >= 0.6 is 0 Å². The predicted octanol–water partition coefficient (Wildman–Crippen LogP) is 7.35. The Bertz CT molecular complexity index is 601. The zero-order chi connectivity index (χ0) is 19.2. The van der Waals surface area contributed by atoms with Gasteiger partial charge in [-0.05, 0) is 97.9 Å². The van der Waals surface area contributed by atoms with Crippen molar-refractivity contribution in [2.24, 2.45) is 40.4 Å². The van der Waals surface area contributed by atoms with Gasteiger partial charge in [-0.3, -0.25) is 4.79 Å². The number of allylic oxidation sites excluding steroid dienone is 1. The molecule has 0 bridgehead atoms. The first-order valence-electron chi connectivity index (χ1n) is 12.1. The van der Waals surface area contributed by atoms with Gasteiger partial charge in [-0.15, -0.1) is 0 Å². The smallest absolute Gasteiger partial charge is 0.155 e. The Morgan fingerprint density at radius 2 is 1.81 bits per heavy atom. The molecule has 0 amide bonds. The van der Waals surface area contributed by atoms with Crippen molar-refractivity contribution < 1.29 is 4.79 Å². The Kier molecular flexibility index (Phi) is 5.36. The van der Waals surface area contributed by atoms with Crippen LogP contribution in [0.4, 0.5) is 0 Å². The number of rotatable bonds is 5. The first-order valence-corrected chi connectivity index (χ1v) is 12.1. The Hall–Kier alpha value is -0.590. The molecule has 0 aromatic rings. The maximum atomic E-state index is 12.0. The van der Waals surface area contributed by atoms with Gasteiger partial charge in [-0.1, -0.05) is 52.5 Å². The van der Waals surface area contributed by atoms with E-state index in [2.05, 4.69) is 33.8 Å². The van der Waals surface area contributed by atoms with E-state index in [4.69, 9.17) is 0 Å². The van der Waals surface area contributed by atoms with E-state index in [-0.39, 0.29) is 0 Å². The fraction of sp³-hybridized carbons (Fsp3) is 0.885. The highest BCUT2D eigenvalue weighted by molar-refractivity contribution is 5.91. The molecule has 0 aliphatic heterocycles. The lowest BCUT2D eigenvalue weighted by molar-refractivity contribution is -0.117.